The third kappa shape index (κ3) is 6.38. The Morgan fingerprint density at radius 3 is 2.55 bits per heavy atom. The summed E-state index contributed by atoms with van der Waals surface area (Å²) in [5, 5.41) is 30.5. The Labute approximate surface area is 259 Å². The number of nitrogens with zero attached hydrogens (tertiary/aromatic N) is 8. The predicted octanol–water partition coefficient (Wildman–Crippen LogP) is 4.62. The maximum absolute atomic E-state index is 11.6. The Kier molecular flexibility index (Phi) is 9.17. The number of hydrogen-bond donors (Lipinski definition) is 2. The van der Waals surface area contributed by atoms with Crippen LogP contribution in [0.3, 0.4) is 0 Å². The highest BCUT2D eigenvalue weighted by molar-refractivity contribution is 6.36. The second-order valence-electron chi connectivity index (χ2n) is 10.1. The van der Waals surface area contributed by atoms with E-state index in [4.69, 9.17) is 26.1 Å². The number of benzene rings is 2. The number of imidazole rings is 1. The highest BCUT2D eigenvalue weighted by Crippen LogP contribution is 2.37. The van der Waals surface area contributed by atoms with Gasteiger partial charge in [0, 0.05) is 32.2 Å². The molecule has 5 rings (SSSR count). The lowest BCUT2D eigenvalue weighted by atomic mass is 10.0. The van der Waals surface area contributed by atoms with E-state index in [1.807, 2.05) is 36.1 Å². The molecule has 0 spiro atoms. The van der Waals surface area contributed by atoms with Crippen LogP contribution in [0.4, 0.5) is 27.9 Å². The Morgan fingerprint density at radius 1 is 1.16 bits per heavy atom. The molecule has 1 aliphatic rings. The van der Waals surface area contributed by atoms with Crippen LogP contribution in [-0.4, -0.2) is 65.6 Å². The van der Waals surface area contributed by atoms with Gasteiger partial charge in [-0.05, 0) is 49.6 Å². The van der Waals surface area contributed by atoms with Crippen LogP contribution in [0, 0.1) is 22.7 Å². The molecule has 0 bridgehead atoms. The van der Waals surface area contributed by atoms with Gasteiger partial charge >= 0.3 is 6.09 Å². The summed E-state index contributed by atoms with van der Waals surface area (Å²) in [6.45, 7) is 4.37. The number of carbonyl (C=O) groups excluding carboxylic acids is 1. The minimum absolute atomic E-state index is 0.0169. The zero-order valence-electron chi connectivity index (χ0n) is 24.5. The van der Waals surface area contributed by atoms with E-state index in [9.17, 15) is 15.3 Å². The summed E-state index contributed by atoms with van der Waals surface area (Å²) in [6, 6.07) is 15.5. The van der Waals surface area contributed by atoms with E-state index in [-0.39, 0.29) is 17.7 Å². The standard InChI is InChI=1S/C30H31ClN10O3/c1-4-39(18-19-5-7-23(43-2)8-6-19)28-27-34-17-22(16-33)41(27)38-29(37-28)36-24-13-20(15-32)14-25(26(24)31)40-11-9-21(10-12-40)35-30(42)44-3/h5-8,13-14,17,21H,4,9-12,18H2,1-3H3,(H,35,42)(H,36,38). The van der Waals surface area contributed by atoms with E-state index < -0.39 is 6.09 Å². The summed E-state index contributed by atoms with van der Waals surface area (Å²) < 4.78 is 11.5. The van der Waals surface area contributed by atoms with Crippen LogP contribution in [0.1, 0.15) is 36.6 Å². The molecule has 1 amide bonds. The molecule has 1 aliphatic heterocycles. The van der Waals surface area contributed by atoms with Gasteiger partial charge in [-0.2, -0.15) is 20.0 Å². The summed E-state index contributed by atoms with van der Waals surface area (Å²) in [4.78, 5) is 25.0. The van der Waals surface area contributed by atoms with Gasteiger partial charge in [0.1, 0.15) is 11.8 Å². The highest BCUT2D eigenvalue weighted by Gasteiger charge is 2.25. The molecule has 44 heavy (non-hydrogen) atoms. The topological polar surface area (TPSA) is 157 Å². The van der Waals surface area contributed by atoms with Crippen molar-refractivity contribution in [3.05, 3.63) is 64.4 Å². The van der Waals surface area contributed by atoms with Gasteiger partial charge in [0.15, 0.2) is 17.2 Å². The van der Waals surface area contributed by atoms with Gasteiger partial charge in [0.05, 0.1) is 48.4 Å². The average Bonchev–Trinajstić information content (AvgIpc) is 3.48. The van der Waals surface area contributed by atoms with Gasteiger partial charge in [0.25, 0.3) is 0 Å². The molecule has 0 saturated carbocycles. The molecule has 14 heteroatoms. The predicted molar refractivity (Wildman–Crippen MR) is 165 cm³/mol. The lowest BCUT2D eigenvalue weighted by Gasteiger charge is -2.34. The van der Waals surface area contributed by atoms with Crippen molar-refractivity contribution in [2.45, 2.75) is 32.4 Å². The van der Waals surface area contributed by atoms with Crippen LogP contribution >= 0.6 is 11.6 Å². The van der Waals surface area contributed by atoms with E-state index in [1.54, 1.807) is 19.2 Å². The number of piperidine rings is 1. The normalized spacial score (nSPS) is 13.2. The summed E-state index contributed by atoms with van der Waals surface area (Å²) in [5.74, 6) is 1.46. The largest absolute Gasteiger partial charge is 0.497 e. The number of fused-ring (bicyclic) bond motifs is 1. The molecule has 2 aromatic carbocycles. The number of amides is 1. The van der Waals surface area contributed by atoms with Crippen molar-refractivity contribution in [1.29, 1.82) is 10.5 Å². The first-order valence-electron chi connectivity index (χ1n) is 14.0. The highest BCUT2D eigenvalue weighted by atomic mass is 35.5. The third-order valence-corrected chi connectivity index (χ3v) is 7.84. The molecule has 1 fully saturated rings. The number of methoxy groups -OCH3 is 2. The van der Waals surface area contributed by atoms with Gasteiger partial charge < -0.3 is 29.9 Å². The smallest absolute Gasteiger partial charge is 0.407 e. The number of halogens is 1. The Bertz CT molecular complexity index is 1740. The molecule has 3 heterocycles. The number of alkyl carbamates (subject to hydrolysis) is 1. The second kappa shape index (κ2) is 13.4. The Balaban J connectivity index is 1.47. The number of ether oxygens (including phenoxy) is 2. The molecule has 13 nitrogen and oxygen atoms in total. The van der Waals surface area contributed by atoms with Crippen LogP contribution in [-0.2, 0) is 11.3 Å². The van der Waals surface area contributed by atoms with Gasteiger partial charge in [-0.25, -0.2) is 9.78 Å². The summed E-state index contributed by atoms with van der Waals surface area (Å²) in [7, 11) is 2.96. The van der Waals surface area contributed by atoms with Crippen molar-refractivity contribution in [3.63, 3.8) is 0 Å². The van der Waals surface area contributed by atoms with Gasteiger partial charge in [-0.15, -0.1) is 5.10 Å². The molecule has 4 aromatic rings. The molecule has 0 atom stereocenters. The molecule has 0 radical (unpaired) electrons. The van der Waals surface area contributed by atoms with Crippen LogP contribution < -0.4 is 25.2 Å². The first-order valence-corrected chi connectivity index (χ1v) is 14.4. The van der Waals surface area contributed by atoms with Crippen molar-refractivity contribution in [2.75, 3.05) is 49.0 Å². The van der Waals surface area contributed by atoms with E-state index in [2.05, 4.69) is 37.8 Å². The van der Waals surface area contributed by atoms with Gasteiger partial charge in [-0.1, -0.05) is 23.7 Å². The second-order valence-corrected chi connectivity index (χ2v) is 10.5. The van der Waals surface area contributed by atoms with Gasteiger partial charge in [0.2, 0.25) is 5.95 Å². The van der Waals surface area contributed by atoms with Crippen LogP contribution in [0.5, 0.6) is 5.75 Å². The van der Waals surface area contributed by atoms with Gasteiger partial charge in [-0.3, -0.25) is 0 Å². The lowest BCUT2D eigenvalue weighted by molar-refractivity contribution is 0.164. The first-order chi connectivity index (χ1) is 21.4. The van der Waals surface area contributed by atoms with E-state index in [0.717, 1.165) is 11.3 Å². The number of nitrogens with one attached hydrogen (secondary N) is 2. The molecule has 0 unspecified atom stereocenters. The monoisotopic (exact) mass is 614 g/mol. The van der Waals surface area contributed by atoms with E-state index in [1.165, 1.54) is 17.8 Å². The van der Waals surface area contributed by atoms with Crippen LogP contribution in [0.25, 0.3) is 5.65 Å². The average molecular weight is 615 g/mol. The summed E-state index contributed by atoms with van der Waals surface area (Å²) >= 11 is 6.93. The fourth-order valence-electron chi connectivity index (χ4n) is 5.10. The Morgan fingerprint density at radius 2 is 1.91 bits per heavy atom. The minimum Gasteiger partial charge on any atom is -0.497 e. The van der Waals surface area contributed by atoms with Crippen molar-refractivity contribution in [1.82, 2.24) is 24.9 Å². The molecule has 2 aromatic heterocycles. The van der Waals surface area contributed by atoms with Crippen molar-refractivity contribution in [3.8, 4) is 17.9 Å². The fraction of sp³-hybridized carbons (Fsp3) is 0.333. The molecular formula is C30H31ClN10O3. The summed E-state index contributed by atoms with van der Waals surface area (Å²) in [5.41, 5.74) is 3.24. The maximum Gasteiger partial charge on any atom is 0.407 e. The van der Waals surface area contributed by atoms with E-state index in [0.29, 0.717) is 72.4 Å². The molecule has 1 saturated heterocycles. The molecule has 2 N–H and O–H groups in total. The molecular weight excluding hydrogens is 584 g/mol. The number of anilines is 4. The maximum atomic E-state index is 11.6. The zero-order valence-corrected chi connectivity index (χ0v) is 25.3. The van der Waals surface area contributed by atoms with Crippen LogP contribution in [0.2, 0.25) is 5.02 Å². The number of nitriles is 2. The first kappa shape index (κ1) is 30.2. The number of hydrogen-bond acceptors (Lipinski definition) is 11. The summed E-state index contributed by atoms with van der Waals surface area (Å²) in [6.07, 6.45) is 2.37. The Hall–Kier alpha value is -5.27. The minimum atomic E-state index is -0.459. The number of aromatic nitrogens is 4. The third-order valence-electron chi connectivity index (χ3n) is 7.44. The fourth-order valence-corrected chi connectivity index (χ4v) is 5.38. The van der Waals surface area contributed by atoms with Crippen LogP contribution in [0.15, 0.2) is 42.6 Å². The zero-order chi connectivity index (χ0) is 31.2. The lowest BCUT2D eigenvalue weighted by Crippen LogP contribution is -2.44. The van der Waals surface area contributed by atoms with Crippen molar-refractivity contribution in [2.24, 2.45) is 0 Å². The SMILES string of the molecule is CCN(Cc1ccc(OC)cc1)c1nc(Nc2cc(C#N)cc(N3CCC(NC(=O)OC)CC3)c2Cl)nn2c(C#N)cnc12. The van der Waals surface area contributed by atoms with E-state index >= 15 is 0 Å². The molecule has 0 aliphatic carbocycles. The number of carbonyl (C=O) groups is 1. The quantitative estimate of drug-likeness (QED) is 0.271. The molecule has 226 valence electrons. The van der Waals surface area contributed by atoms with Crippen molar-refractivity contribution >= 4 is 46.5 Å². The van der Waals surface area contributed by atoms with Crippen molar-refractivity contribution < 1.29 is 14.3 Å². The number of rotatable bonds is 9.